The van der Waals surface area contributed by atoms with Crippen LogP contribution in [-0.4, -0.2) is 42.0 Å². The fourth-order valence-electron chi connectivity index (χ4n) is 3.57. The number of sulfonamides is 1. The second-order valence-corrected chi connectivity index (χ2v) is 11.2. The Morgan fingerprint density at radius 1 is 1.21 bits per heavy atom. The number of nitrogens with one attached hydrogen (secondary N) is 2. The van der Waals surface area contributed by atoms with Gasteiger partial charge in [0.05, 0.1) is 10.6 Å². The molecule has 1 aromatic carbocycles. The fraction of sp³-hybridized carbons (Fsp3) is 0.478. The van der Waals surface area contributed by atoms with E-state index in [0.717, 1.165) is 19.3 Å². The lowest BCUT2D eigenvalue weighted by atomic mass is 9.81. The summed E-state index contributed by atoms with van der Waals surface area (Å²) in [4.78, 5) is 33.3. The summed E-state index contributed by atoms with van der Waals surface area (Å²) in [6.45, 7) is 6.87. The van der Waals surface area contributed by atoms with E-state index in [1.165, 1.54) is 12.1 Å². The molecule has 1 aromatic heterocycles. The van der Waals surface area contributed by atoms with Crippen molar-refractivity contribution in [2.24, 2.45) is 5.92 Å². The predicted octanol–water partition coefficient (Wildman–Crippen LogP) is 2.92. The standard InChI is InChI=1S/C23H31N5O5S/c1-14-11-18(26-21(24)25-14)16-9-6-10-17(13-16)34(31,32)28-20(29)19(12-15-7-5-8-15)27-22(30)33-23(2,3)4/h6,9-11,13,15,19H,5,7-8,12H2,1-4H3,(H,27,30)(H,28,29)(H2,24,25,26)/t19-/m0/s1. The lowest BCUT2D eigenvalue weighted by Crippen LogP contribution is -2.50. The van der Waals surface area contributed by atoms with Crippen LogP contribution in [0.2, 0.25) is 0 Å². The average Bonchev–Trinajstić information content (AvgIpc) is 2.67. The second kappa shape index (κ2) is 9.96. The van der Waals surface area contributed by atoms with E-state index in [1.54, 1.807) is 45.9 Å². The van der Waals surface area contributed by atoms with Crippen molar-refractivity contribution in [2.45, 2.75) is 69.9 Å². The van der Waals surface area contributed by atoms with Gasteiger partial charge >= 0.3 is 6.09 Å². The largest absolute Gasteiger partial charge is 0.444 e. The smallest absolute Gasteiger partial charge is 0.408 e. The minimum absolute atomic E-state index is 0.0728. The number of benzene rings is 1. The number of anilines is 1. The fourth-order valence-corrected chi connectivity index (χ4v) is 4.63. The first kappa shape index (κ1) is 25.4. The van der Waals surface area contributed by atoms with Gasteiger partial charge < -0.3 is 15.8 Å². The number of nitrogen functional groups attached to an aromatic ring is 1. The molecule has 0 aliphatic heterocycles. The number of carbonyl (C=O) groups is 2. The molecule has 1 aliphatic carbocycles. The van der Waals surface area contributed by atoms with Crippen LogP contribution in [0, 0.1) is 12.8 Å². The number of hydrogen-bond donors (Lipinski definition) is 3. The molecule has 2 amide bonds. The van der Waals surface area contributed by atoms with Crippen molar-refractivity contribution in [3.8, 4) is 11.3 Å². The molecule has 0 spiro atoms. The number of aromatic nitrogens is 2. The molecule has 10 nitrogen and oxygen atoms in total. The Balaban J connectivity index is 1.79. The van der Waals surface area contributed by atoms with E-state index in [-0.39, 0.29) is 16.8 Å². The summed E-state index contributed by atoms with van der Waals surface area (Å²) in [7, 11) is -4.22. The van der Waals surface area contributed by atoms with Crippen LogP contribution >= 0.6 is 0 Å². The maximum absolute atomic E-state index is 13.0. The van der Waals surface area contributed by atoms with Crippen molar-refractivity contribution in [1.29, 1.82) is 0 Å². The molecule has 0 radical (unpaired) electrons. The number of carbonyl (C=O) groups excluding carboxylic acids is 2. The molecule has 3 rings (SSSR count). The van der Waals surface area contributed by atoms with E-state index in [9.17, 15) is 18.0 Å². The molecule has 0 saturated heterocycles. The van der Waals surface area contributed by atoms with Crippen LogP contribution in [0.1, 0.15) is 52.1 Å². The predicted molar refractivity (Wildman–Crippen MR) is 127 cm³/mol. The maximum Gasteiger partial charge on any atom is 0.408 e. The van der Waals surface area contributed by atoms with E-state index in [4.69, 9.17) is 10.5 Å². The Morgan fingerprint density at radius 2 is 1.91 bits per heavy atom. The molecule has 1 heterocycles. The summed E-state index contributed by atoms with van der Waals surface area (Å²) in [5, 5.41) is 2.53. The highest BCUT2D eigenvalue weighted by molar-refractivity contribution is 7.90. The van der Waals surface area contributed by atoms with Crippen molar-refractivity contribution >= 4 is 28.0 Å². The first-order valence-corrected chi connectivity index (χ1v) is 12.6. The van der Waals surface area contributed by atoms with Crippen molar-refractivity contribution in [2.75, 3.05) is 5.73 Å². The van der Waals surface area contributed by atoms with Gasteiger partial charge in [-0.2, -0.15) is 0 Å². The van der Waals surface area contributed by atoms with E-state index < -0.39 is 33.7 Å². The van der Waals surface area contributed by atoms with Crippen LogP contribution in [0.15, 0.2) is 35.2 Å². The topological polar surface area (TPSA) is 153 Å². The normalized spacial score (nSPS) is 15.2. The molecule has 1 atom stereocenters. The van der Waals surface area contributed by atoms with Crippen LogP contribution in [0.4, 0.5) is 10.7 Å². The number of alkyl carbamates (subject to hydrolysis) is 1. The molecule has 1 saturated carbocycles. The van der Waals surface area contributed by atoms with Gasteiger partial charge in [-0.25, -0.2) is 27.9 Å². The Bertz CT molecular complexity index is 1150. The zero-order valence-corrected chi connectivity index (χ0v) is 20.6. The monoisotopic (exact) mass is 489 g/mol. The van der Waals surface area contributed by atoms with Crippen LogP contribution in [-0.2, 0) is 19.6 Å². The zero-order chi connectivity index (χ0) is 25.1. The molecular formula is C23H31N5O5S. The molecule has 34 heavy (non-hydrogen) atoms. The minimum Gasteiger partial charge on any atom is -0.444 e. The first-order chi connectivity index (χ1) is 15.8. The molecular weight excluding hydrogens is 458 g/mol. The molecule has 1 fully saturated rings. The van der Waals surface area contributed by atoms with Gasteiger partial charge in [-0.1, -0.05) is 31.4 Å². The Kier molecular flexibility index (Phi) is 7.44. The van der Waals surface area contributed by atoms with Gasteiger partial charge in [0.15, 0.2) is 0 Å². The van der Waals surface area contributed by atoms with Gasteiger partial charge in [-0.05, 0) is 58.2 Å². The lowest BCUT2D eigenvalue weighted by molar-refractivity contribution is -0.122. The highest BCUT2D eigenvalue weighted by Gasteiger charge is 2.32. The van der Waals surface area contributed by atoms with Crippen molar-refractivity contribution in [3.05, 3.63) is 36.0 Å². The summed E-state index contributed by atoms with van der Waals surface area (Å²) in [6.07, 6.45) is 2.46. The summed E-state index contributed by atoms with van der Waals surface area (Å²) in [5.41, 5.74) is 6.56. The van der Waals surface area contributed by atoms with Crippen molar-refractivity contribution in [1.82, 2.24) is 20.0 Å². The molecule has 2 aromatic rings. The van der Waals surface area contributed by atoms with Crippen LogP contribution in [0.5, 0.6) is 0 Å². The minimum atomic E-state index is -4.22. The van der Waals surface area contributed by atoms with Crippen LogP contribution < -0.4 is 15.8 Å². The summed E-state index contributed by atoms with van der Waals surface area (Å²) >= 11 is 0. The van der Waals surface area contributed by atoms with Gasteiger partial charge in [0.1, 0.15) is 11.6 Å². The van der Waals surface area contributed by atoms with E-state index >= 15 is 0 Å². The van der Waals surface area contributed by atoms with Gasteiger partial charge in [0.2, 0.25) is 5.95 Å². The van der Waals surface area contributed by atoms with Gasteiger partial charge in [-0.3, -0.25) is 4.79 Å². The zero-order valence-electron chi connectivity index (χ0n) is 19.8. The maximum atomic E-state index is 13.0. The number of aryl methyl sites for hydroxylation is 1. The van der Waals surface area contributed by atoms with Gasteiger partial charge in [0.25, 0.3) is 15.9 Å². The number of hydrogen-bond acceptors (Lipinski definition) is 8. The highest BCUT2D eigenvalue weighted by atomic mass is 32.2. The quantitative estimate of drug-likeness (QED) is 0.536. The third-order valence-corrected chi connectivity index (χ3v) is 6.69. The summed E-state index contributed by atoms with van der Waals surface area (Å²) < 4.78 is 33.4. The van der Waals surface area contributed by atoms with Gasteiger partial charge in [-0.15, -0.1) is 0 Å². The van der Waals surface area contributed by atoms with E-state index in [0.29, 0.717) is 23.4 Å². The number of nitrogens with zero attached hydrogens (tertiary/aromatic N) is 2. The molecule has 0 bridgehead atoms. The highest BCUT2D eigenvalue weighted by Crippen LogP contribution is 2.31. The van der Waals surface area contributed by atoms with E-state index in [2.05, 4.69) is 20.0 Å². The number of nitrogens with two attached hydrogens (primary N) is 1. The van der Waals surface area contributed by atoms with Crippen LogP contribution in [0.25, 0.3) is 11.3 Å². The number of amides is 2. The third-order valence-electron chi connectivity index (χ3n) is 5.35. The Morgan fingerprint density at radius 3 is 2.50 bits per heavy atom. The number of ether oxygens (including phenoxy) is 1. The molecule has 1 aliphatic rings. The molecule has 184 valence electrons. The molecule has 11 heteroatoms. The average molecular weight is 490 g/mol. The second-order valence-electron chi connectivity index (χ2n) is 9.48. The van der Waals surface area contributed by atoms with Crippen LogP contribution in [0.3, 0.4) is 0 Å². The Hall–Kier alpha value is -3.21. The lowest BCUT2D eigenvalue weighted by Gasteiger charge is -2.30. The third kappa shape index (κ3) is 6.89. The summed E-state index contributed by atoms with van der Waals surface area (Å²) in [6, 6.07) is 6.65. The molecule has 0 unspecified atom stereocenters. The molecule has 4 N–H and O–H groups in total. The van der Waals surface area contributed by atoms with Crippen molar-refractivity contribution in [3.63, 3.8) is 0 Å². The van der Waals surface area contributed by atoms with E-state index in [1.807, 2.05) is 0 Å². The first-order valence-electron chi connectivity index (χ1n) is 11.1. The van der Waals surface area contributed by atoms with Gasteiger partial charge in [0, 0.05) is 11.3 Å². The van der Waals surface area contributed by atoms with Crippen molar-refractivity contribution < 1.29 is 22.7 Å². The summed E-state index contributed by atoms with van der Waals surface area (Å²) in [5.74, 6) is -0.503. The number of rotatable bonds is 7. The SMILES string of the molecule is Cc1cc(-c2cccc(S(=O)(=O)NC(=O)[C@H](CC3CCC3)NC(=O)OC(C)(C)C)c2)nc(N)n1. The Labute approximate surface area is 199 Å².